The number of aromatic nitrogens is 1. The van der Waals surface area contributed by atoms with Crippen molar-refractivity contribution in [2.75, 3.05) is 6.54 Å². The van der Waals surface area contributed by atoms with Gasteiger partial charge >= 0.3 is 0 Å². The number of pyridine rings is 1. The number of aryl methyl sites for hydroxylation is 1. The Hall–Kier alpha value is -1.62. The molecule has 4 N–H and O–H groups in total. The Morgan fingerprint density at radius 2 is 2.40 bits per heavy atom. The number of aliphatic imine (C=N–C) groups is 1. The summed E-state index contributed by atoms with van der Waals surface area (Å²) in [6.07, 6.45) is 3.59. The van der Waals surface area contributed by atoms with Crippen molar-refractivity contribution in [1.29, 1.82) is 0 Å². The number of nitrogens with two attached hydrogens (primary N) is 1. The number of guanidine groups is 1. The van der Waals surface area contributed by atoms with Gasteiger partial charge in [0, 0.05) is 18.9 Å². The first kappa shape index (κ1) is 11.5. The third kappa shape index (κ3) is 3.55. The standard InChI is InChI=1S/C10H17N5/c1-3-13-10(15-11)14-7-9-4-5-12-6-8(9)2/h4-6H,3,7,11H2,1-2H3,(H2,13,14,15). The van der Waals surface area contributed by atoms with Crippen molar-refractivity contribution in [3.05, 3.63) is 29.6 Å². The monoisotopic (exact) mass is 207 g/mol. The number of hydrazine groups is 1. The van der Waals surface area contributed by atoms with Crippen molar-refractivity contribution in [2.45, 2.75) is 20.4 Å². The van der Waals surface area contributed by atoms with Gasteiger partial charge in [-0.1, -0.05) is 0 Å². The van der Waals surface area contributed by atoms with Crippen LogP contribution >= 0.6 is 0 Å². The first-order valence-electron chi connectivity index (χ1n) is 4.92. The van der Waals surface area contributed by atoms with Crippen LogP contribution in [0, 0.1) is 6.92 Å². The summed E-state index contributed by atoms with van der Waals surface area (Å²) in [6, 6.07) is 1.96. The Kier molecular flexibility index (Phi) is 4.56. The average Bonchev–Trinajstić information content (AvgIpc) is 2.26. The number of nitrogens with zero attached hydrogens (tertiary/aromatic N) is 2. The molecule has 15 heavy (non-hydrogen) atoms. The Balaban J connectivity index is 2.65. The third-order valence-corrected chi connectivity index (χ3v) is 2.02. The second-order valence-electron chi connectivity index (χ2n) is 3.14. The van der Waals surface area contributed by atoms with E-state index in [0.29, 0.717) is 12.5 Å². The molecule has 5 nitrogen and oxygen atoms in total. The molecule has 1 aromatic rings. The van der Waals surface area contributed by atoms with Crippen LogP contribution in [0.15, 0.2) is 23.5 Å². The van der Waals surface area contributed by atoms with E-state index in [4.69, 9.17) is 5.84 Å². The lowest BCUT2D eigenvalue weighted by atomic mass is 10.2. The maximum atomic E-state index is 5.31. The molecule has 0 radical (unpaired) electrons. The lowest BCUT2D eigenvalue weighted by Crippen LogP contribution is -2.41. The summed E-state index contributed by atoms with van der Waals surface area (Å²) in [6.45, 7) is 5.39. The molecule has 0 amide bonds. The van der Waals surface area contributed by atoms with Gasteiger partial charge in [-0.25, -0.2) is 10.8 Å². The predicted octanol–water partition coefficient (Wildman–Crippen LogP) is 0.319. The minimum Gasteiger partial charge on any atom is -0.356 e. The lowest BCUT2D eigenvalue weighted by Gasteiger charge is -2.07. The Labute approximate surface area is 89.8 Å². The fraction of sp³-hybridized carbons (Fsp3) is 0.400. The van der Waals surface area contributed by atoms with E-state index in [2.05, 4.69) is 20.7 Å². The summed E-state index contributed by atoms with van der Waals surface area (Å²) >= 11 is 0. The fourth-order valence-corrected chi connectivity index (χ4v) is 1.16. The Bertz CT molecular complexity index is 334. The molecule has 0 spiro atoms. The SMILES string of the molecule is CCNC(=NCc1ccncc1C)NN. The van der Waals surface area contributed by atoms with E-state index in [9.17, 15) is 0 Å². The lowest BCUT2D eigenvalue weighted by molar-refractivity contribution is 0.850. The molecule has 1 aromatic heterocycles. The van der Waals surface area contributed by atoms with Crippen molar-refractivity contribution in [2.24, 2.45) is 10.8 Å². The van der Waals surface area contributed by atoms with E-state index >= 15 is 0 Å². The van der Waals surface area contributed by atoms with E-state index in [1.54, 1.807) is 6.20 Å². The van der Waals surface area contributed by atoms with Crippen LogP contribution in [0.1, 0.15) is 18.1 Å². The zero-order valence-electron chi connectivity index (χ0n) is 9.12. The summed E-state index contributed by atoms with van der Waals surface area (Å²) in [4.78, 5) is 8.33. The number of hydrogen-bond donors (Lipinski definition) is 3. The van der Waals surface area contributed by atoms with Crippen LogP contribution in [0.5, 0.6) is 0 Å². The molecule has 0 bridgehead atoms. The van der Waals surface area contributed by atoms with Gasteiger partial charge in [-0.15, -0.1) is 0 Å². The van der Waals surface area contributed by atoms with E-state index in [1.807, 2.05) is 26.1 Å². The summed E-state index contributed by atoms with van der Waals surface area (Å²) in [5.74, 6) is 5.91. The molecule has 82 valence electrons. The van der Waals surface area contributed by atoms with Crippen molar-refractivity contribution in [3.63, 3.8) is 0 Å². The van der Waals surface area contributed by atoms with Crippen molar-refractivity contribution in [1.82, 2.24) is 15.7 Å². The van der Waals surface area contributed by atoms with Crippen LogP contribution in [-0.4, -0.2) is 17.5 Å². The first-order valence-corrected chi connectivity index (χ1v) is 4.92. The average molecular weight is 207 g/mol. The van der Waals surface area contributed by atoms with Gasteiger partial charge in [-0.05, 0) is 31.0 Å². The van der Waals surface area contributed by atoms with Gasteiger partial charge in [0.25, 0.3) is 0 Å². The van der Waals surface area contributed by atoms with Gasteiger partial charge in [0.1, 0.15) is 0 Å². The first-order chi connectivity index (χ1) is 7.27. The molecule has 1 heterocycles. The van der Waals surface area contributed by atoms with Gasteiger partial charge in [-0.2, -0.15) is 0 Å². The zero-order valence-corrected chi connectivity index (χ0v) is 9.12. The molecule has 0 atom stereocenters. The number of nitrogens with one attached hydrogen (secondary N) is 2. The minimum atomic E-state index is 0.598. The molecular formula is C10H17N5. The quantitative estimate of drug-likeness (QED) is 0.289. The summed E-state index contributed by atoms with van der Waals surface area (Å²) in [5, 5.41) is 3.02. The van der Waals surface area contributed by atoms with Crippen LogP contribution in [0.2, 0.25) is 0 Å². The highest BCUT2D eigenvalue weighted by Gasteiger charge is 1.97. The molecule has 5 heteroatoms. The number of rotatable bonds is 3. The maximum Gasteiger partial charge on any atom is 0.206 e. The molecular weight excluding hydrogens is 190 g/mol. The smallest absolute Gasteiger partial charge is 0.206 e. The van der Waals surface area contributed by atoms with Gasteiger partial charge in [0.15, 0.2) is 0 Å². The Morgan fingerprint density at radius 1 is 1.60 bits per heavy atom. The van der Waals surface area contributed by atoms with Crippen LogP contribution in [0.4, 0.5) is 0 Å². The van der Waals surface area contributed by atoms with Gasteiger partial charge in [-0.3, -0.25) is 10.4 Å². The van der Waals surface area contributed by atoms with Gasteiger partial charge < -0.3 is 5.32 Å². The Morgan fingerprint density at radius 3 is 3.00 bits per heavy atom. The van der Waals surface area contributed by atoms with Crippen LogP contribution in [0.3, 0.4) is 0 Å². The zero-order chi connectivity index (χ0) is 11.1. The topological polar surface area (TPSA) is 75.3 Å². The van der Waals surface area contributed by atoms with Gasteiger partial charge in [0.05, 0.1) is 6.54 Å². The highest BCUT2D eigenvalue weighted by Crippen LogP contribution is 2.05. The van der Waals surface area contributed by atoms with Crippen molar-refractivity contribution in [3.8, 4) is 0 Å². The van der Waals surface area contributed by atoms with E-state index < -0.39 is 0 Å². The van der Waals surface area contributed by atoms with E-state index in [0.717, 1.165) is 17.7 Å². The third-order valence-electron chi connectivity index (χ3n) is 2.02. The molecule has 0 aliphatic heterocycles. The van der Waals surface area contributed by atoms with Gasteiger partial charge in [0.2, 0.25) is 5.96 Å². The second kappa shape index (κ2) is 5.98. The van der Waals surface area contributed by atoms with Crippen LogP contribution < -0.4 is 16.6 Å². The molecule has 0 saturated carbocycles. The fourth-order valence-electron chi connectivity index (χ4n) is 1.16. The van der Waals surface area contributed by atoms with Crippen molar-refractivity contribution >= 4 is 5.96 Å². The molecule has 0 aliphatic carbocycles. The normalized spacial score (nSPS) is 11.3. The molecule has 0 aliphatic rings. The van der Waals surface area contributed by atoms with Crippen molar-refractivity contribution < 1.29 is 0 Å². The van der Waals surface area contributed by atoms with Crippen LogP contribution in [0.25, 0.3) is 0 Å². The van der Waals surface area contributed by atoms with Crippen LogP contribution in [-0.2, 0) is 6.54 Å². The summed E-state index contributed by atoms with van der Waals surface area (Å²) in [5.41, 5.74) is 4.80. The predicted molar refractivity (Wildman–Crippen MR) is 61.1 cm³/mol. The van der Waals surface area contributed by atoms with E-state index in [-0.39, 0.29) is 0 Å². The highest BCUT2D eigenvalue weighted by molar-refractivity contribution is 5.79. The molecule has 0 unspecified atom stereocenters. The molecule has 0 aromatic carbocycles. The van der Waals surface area contributed by atoms with E-state index in [1.165, 1.54) is 0 Å². The summed E-state index contributed by atoms with van der Waals surface area (Å²) < 4.78 is 0. The largest absolute Gasteiger partial charge is 0.356 e. The molecule has 0 fully saturated rings. The maximum absolute atomic E-state index is 5.31. The second-order valence-corrected chi connectivity index (χ2v) is 3.14. The molecule has 1 rings (SSSR count). The minimum absolute atomic E-state index is 0.598. The molecule has 0 saturated heterocycles. The summed E-state index contributed by atoms with van der Waals surface area (Å²) in [7, 11) is 0. The number of hydrogen-bond acceptors (Lipinski definition) is 3. The highest BCUT2D eigenvalue weighted by atomic mass is 15.3.